The van der Waals surface area contributed by atoms with Gasteiger partial charge in [0.05, 0.1) is 25.4 Å². The summed E-state index contributed by atoms with van der Waals surface area (Å²) in [5.41, 5.74) is 0. The summed E-state index contributed by atoms with van der Waals surface area (Å²) in [6.07, 6.45) is 77.8. The zero-order valence-corrected chi connectivity index (χ0v) is 49.4. The van der Waals surface area contributed by atoms with E-state index in [9.17, 15) is 19.8 Å². The van der Waals surface area contributed by atoms with E-state index in [1.165, 1.54) is 289 Å². The molecule has 0 aliphatic rings. The second-order valence-electron chi connectivity index (χ2n) is 22.8. The molecule has 0 bridgehead atoms. The van der Waals surface area contributed by atoms with Crippen LogP contribution in [0.4, 0.5) is 0 Å². The van der Waals surface area contributed by atoms with E-state index in [-0.39, 0.29) is 18.5 Å². The van der Waals surface area contributed by atoms with Gasteiger partial charge in [-0.2, -0.15) is 0 Å². The van der Waals surface area contributed by atoms with Crippen molar-refractivity contribution in [2.45, 2.75) is 379 Å². The zero-order valence-electron chi connectivity index (χ0n) is 49.4. The van der Waals surface area contributed by atoms with E-state index in [0.29, 0.717) is 25.9 Å². The summed E-state index contributed by atoms with van der Waals surface area (Å²) in [5.74, 6) is -0.0262. The standard InChI is InChI=1S/C67H129NO5/c1-3-5-7-9-11-13-15-17-32-37-41-45-49-53-57-61-67(72)73-62-58-54-50-46-42-38-34-31-29-27-25-23-21-19-20-22-24-26-28-30-33-36-40-44-48-52-56-60-66(71)68-64(63-69)65(70)59-55-51-47-43-39-35-18-16-14-12-10-8-6-4-2/h17,19-20,32,64-65,69-70H,3-16,18,21-31,33-63H2,1-2H3,(H,68,71)/b20-19-,32-17-. The first-order valence-electron chi connectivity index (χ1n) is 33.1. The van der Waals surface area contributed by atoms with Crippen LogP contribution in [0.25, 0.3) is 0 Å². The molecule has 0 spiro atoms. The highest BCUT2D eigenvalue weighted by atomic mass is 16.5. The van der Waals surface area contributed by atoms with Crippen molar-refractivity contribution >= 4 is 11.9 Å². The first-order valence-corrected chi connectivity index (χ1v) is 33.1. The normalized spacial score (nSPS) is 12.7. The van der Waals surface area contributed by atoms with E-state index in [1.54, 1.807) is 0 Å². The lowest BCUT2D eigenvalue weighted by atomic mass is 10.0. The van der Waals surface area contributed by atoms with Crippen LogP contribution in [0.15, 0.2) is 24.3 Å². The fourth-order valence-electron chi connectivity index (χ4n) is 10.4. The Hall–Kier alpha value is -1.66. The highest BCUT2D eigenvalue weighted by Gasteiger charge is 2.20. The van der Waals surface area contributed by atoms with E-state index in [2.05, 4.69) is 43.5 Å². The molecule has 0 rings (SSSR count). The van der Waals surface area contributed by atoms with E-state index in [1.807, 2.05) is 0 Å². The van der Waals surface area contributed by atoms with Crippen LogP contribution in [-0.4, -0.2) is 47.4 Å². The number of hydrogen-bond acceptors (Lipinski definition) is 5. The van der Waals surface area contributed by atoms with Crippen molar-refractivity contribution in [1.82, 2.24) is 5.32 Å². The summed E-state index contributed by atoms with van der Waals surface area (Å²) < 4.78 is 5.49. The molecule has 0 radical (unpaired) electrons. The zero-order chi connectivity index (χ0) is 52.9. The number of aliphatic hydroxyl groups is 2. The van der Waals surface area contributed by atoms with Crippen molar-refractivity contribution in [3.05, 3.63) is 24.3 Å². The van der Waals surface area contributed by atoms with Crippen molar-refractivity contribution in [3.8, 4) is 0 Å². The van der Waals surface area contributed by atoms with Gasteiger partial charge in [-0.3, -0.25) is 9.59 Å². The first-order chi connectivity index (χ1) is 36.0. The lowest BCUT2D eigenvalue weighted by molar-refractivity contribution is -0.143. The molecule has 0 aliphatic heterocycles. The third kappa shape index (κ3) is 59.4. The number of ether oxygens (including phenoxy) is 1. The topological polar surface area (TPSA) is 95.9 Å². The molecule has 6 heteroatoms. The average molecular weight is 1030 g/mol. The number of nitrogens with one attached hydrogen (secondary N) is 1. The van der Waals surface area contributed by atoms with Crippen LogP contribution in [0.5, 0.6) is 0 Å². The number of allylic oxidation sites excluding steroid dienone is 4. The number of unbranched alkanes of at least 4 members (excludes halogenated alkanes) is 47. The minimum absolute atomic E-state index is 0.00764. The quantitative estimate of drug-likeness (QED) is 0.0320. The van der Waals surface area contributed by atoms with Gasteiger partial charge in [0.1, 0.15) is 0 Å². The summed E-state index contributed by atoms with van der Waals surface area (Å²) in [4.78, 5) is 24.5. The van der Waals surface area contributed by atoms with Crippen LogP contribution in [0.1, 0.15) is 367 Å². The lowest BCUT2D eigenvalue weighted by Gasteiger charge is -2.22. The van der Waals surface area contributed by atoms with Gasteiger partial charge in [-0.05, 0) is 77.0 Å². The van der Waals surface area contributed by atoms with Gasteiger partial charge in [-0.1, -0.05) is 301 Å². The summed E-state index contributed by atoms with van der Waals surface area (Å²) in [6.45, 7) is 4.97. The molecule has 2 unspecified atom stereocenters. The Kier molecular flexibility index (Phi) is 61.4. The van der Waals surface area contributed by atoms with E-state index < -0.39 is 12.1 Å². The number of hydrogen-bond donors (Lipinski definition) is 3. The van der Waals surface area contributed by atoms with Crippen LogP contribution in [-0.2, 0) is 14.3 Å². The predicted octanol–water partition coefficient (Wildman–Crippen LogP) is 21.0. The van der Waals surface area contributed by atoms with Gasteiger partial charge in [0.25, 0.3) is 0 Å². The number of esters is 1. The Labute approximate surface area is 456 Å². The van der Waals surface area contributed by atoms with Crippen molar-refractivity contribution < 1.29 is 24.5 Å². The van der Waals surface area contributed by atoms with Gasteiger partial charge < -0.3 is 20.3 Å². The maximum Gasteiger partial charge on any atom is 0.305 e. The van der Waals surface area contributed by atoms with Crippen molar-refractivity contribution in [1.29, 1.82) is 0 Å². The summed E-state index contributed by atoms with van der Waals surface area (Å²) in [5, 5.41) is 23.3. The highest BCUT2D eigenvalue weighted by molar-refractivity contribution is 5.76. The Balaban J connectivity index is 3.37. The van der Waals surface area contributed by atoms with Crippen molar-refractivity contribution in [3.63, 3.8) is 0 Å². The number of carbonyl (C=O) groups excluding carboxylic acids is 2. The van der Waals surface area contributed by atoms with Gasteiger partial charge in [0.15, 0.2) is 0 Å². The molecule has 0 fully saturated rings. The van der Waals surface area contributed by atoms with Gasteiger partial charge in [-0.25, -0.2) is 0 Å². The monoisotopic (exact) mass is 1030 g/mol. The molecule has 0 aromatic carbocycles. The predicted molar refractivity (Wildman–Crippen MR) is 320 cm³/mol. The van der Waals surface area contributed by atoms with E-state index >= 15 is 0 Å². The van der Waals surface area contributed by atoms with Gasteiger partial charge in [0, 0.05) is 12.8 Å². The van der Waals surface area contributed by atoms with Crippen LogP contribution in [0.2, 0.25) is 0 Å². The SMILES string of the molecule is CCCCCCCC/C=C\CCCCCCCC(=O)OCCCCCCCCCCCCCC/C=C\CCCCCCCCCCCCCC(=O)NC(CO)C(O)CCCCCCCCCCCCCCCC. The molecule has 3 N–H and O–H groups in total. The van der Waals surface area contributed by atoms with Crippen LogP contribution in [0.3, 0.4) is 0 Å². The van der Waals surface area contributed by atoms with Crippen molar-refractivity contribution in [2.75, 3.05) is 13.2 Å². The lowest BCUT2D eigenvalue weighted by Crippen LogP contribution is -2.45. The smallest absolute Gasteiger partial charge is 0.305 e. The average Bonchev–Trinajstić information content (AvgIpc) is 3.39. The molecular formula is C67H129NO5. The fourth-order valence-corrected chi connectivity index (χ4v) is 10.4. The Bertz CT molecular complexity index is 1140. The molecule has 6 nitrogen and oxygen atoms in total. The van der Waals surface area contributed by atoms with E-state index in [0.717, 1.165) is 44.9 Å². The molecule has 73 heavy (non-hydrogen) atoms. The third-order valence-corrected chi connectivity index (χ3v) is 15.5. The molecule has 0 heterocycles. The van der Waals surface area contributed by atoms with Gasteiger partial charge in [0.2, 0.25) is 5.91 Å². The largest absolute Gasteiger partial charge is 0.466 e. The van der Waals surface area contributed by atoms with Gasteiger partial charge >= 0.3 is 5.97 Å². The molecule has 0 aliphatic carbocycles. The fraction of sp³-hybridized carbons (Fsp3) is 0.910. The second kappa shape index (κ2) is 62.9. The second-order valence-corrected chi connectivity index (χ2v) is 22.8. The number of rotatable bonds is 62. The summed E-state index contributed by atoms with van der Waals surface area (Å²) >= 11 is 0. The highest BCUT2D eigenvalue weighted by Crippen LogP contribution is 2.18. The Morgan fingerprint density at radius 2 is 0.644 bits per heavy atom. The molecule has 0 saturated carbocycles. The molecule has 432 valence electrons. The van der Waals surface area contributed by atoms with Crippen molar-refractivity contribution in [2.24, 2.45) is 0 Å². The van der Waals surface area contributed by atoms with Crippen LogP contribution in [0, 0.1) is 0 Å². The van der Waals surface area contributed by atoms with Crippen LogP contribution < -0.4 is 5.32 Å². The molecule has 2 atom stereocenters. The molecule has 0 aromatic rings. The van der Waals surface area contributed by atoms with Gasteiger partial charge in [-0.15, -0.1) is 0 Å². The molecule has 0 saturated heterocycles. The number of amides is 1. The Morgan fingerprint density at radius 1 is 0.370 bits per heavy atom. The maximum atomic E-state index is 12.5. The summed E-state index contributed by atoms with van der Waals surface area (Å²) in [6, 6.07) is -0.541. The molecular weight excluding hydrogens is 899 g/mol. The Morgan fingerprint density at radius 3 is 0.973 bits per heavy atom. The first kappa shape index (κ1) is 71.3. The third-order valence-electron chi connectivity index (χ3n) is 15.5. The maximum absolute atomic E-state index is 12.5. The molecule has 0 aromatic heterocycles. The minimum Gasteiger partial charge on any atom is -0.466 e. The minimum atomic E-state index is -0.664. The molecule has 1 amide bonds. The van der Waals surface area contributed by atoms with Crippen LogP contribution >= 0.6 is 0 Å². The number of carbonyl (C=O) groups is 2. The van der Waals surface area contributed by atoms with E-state index in [4.69, 9.17) is 4.74 Å². The number of aliphatic hydroxyl groups excluding tert-OH is 2. The summed E-state index contributed by atoms with van der Waals surface area (Å²) in [7, 11) is 0.